The summed E-state index contributed by atoms with van der Waals surface area (Å²) in [5, 5.41) is 19.3. The number of fused-ring (bicyclic) bond motifs is 2. The Morgan fingerprint density at radius 1 is 0.632 bits per heavy atom. The van der Waals surface area contributed by atoms with E-state index in [0.29, 0.717) is 40.3 Å². The number of imidazole rings is 2. The Balaban J connectivity index is 1.22. The third-order valence-electron chi connectivity index (χ3n) is 11.4. The fourth-order valence-corrected chi connectivity index (χ4v) is 10.2. The maximum Gasteiger partial charge on any atom is 0.330 e. The van der Waals surface area contributed by atoms with Crippen molar-refractivity contribution in [2.24, 2.45) is 0 Å². The number of benzene rings is 5. The molecule has 68 heavy (non-hydrogen) atoms. The smallest absolute Gasteiger partial charge is 0.330 e. The average molecular weight is 969 g/mol. The molecule has 0 N–H and O–H groups in total. The summed E-state index contributed by atoms with van der Waals surface area (Å²) < 4.78 is 110. The number of hydrogen-bond acceptors (Lipinski definition) is 12. The van der Waals surface area contributed by atoms with Crippen molar-refractivity contribution in [2.45, 2.75) is 38.5 Å². The van der Waals surface area contributed by atoms with Gasteiger partial charge in [-0.15, -0.1) is 0 Å². The summed E-state index contributed by atoms with van der Waals surface area (Å²) in [4.78, 5) is 28.0. The second kappa shape index (κ2) is 19.8. The van der Waals surface area contributed by atoms with Crippen molar-refractivity contribution >= 4 is 41.7 Å². The SMILES string of the molecule is CCOc1cc([C@@H](CS(C)(=O)=O)n2c(=O)n(CC#N)c3cc(-c4cccc(CCOc5cc([C@@H](CS(C)(=O)=O)n6c(=O)n(CC#N)c7cc(F)ccc76)ccc5OC)c4F)ccc32)ccc1OC. The van der Waals surface area contributed by atoms with E-state index in [1.807, 2.05) is 12.1 Å². The number of rotatable bonds is 19. The lowest BCUT2D eigenvalue weighted by Gasteiger charge is -2.21. The molecular weight excluding hydrogens is 923 g/mol. The Bertz CT molecular complexity index is 3510. The van der Waals surface area contributed by atoms with Gasteiger partial charge in [-0.25, -0.2) is 35.2 Å². The third kappa shape index (κ3) is 9.97. The Morgan fingerprint density at radius 2 is 1.15 bits per heavy atom. The maximum absolute atomic E-state index is 16.6. The predicted octanol–water partition coefficient (Wildman–Crippen LogP) is 6.22. The minimum absolute atomic E-state index is 0.0308. The highest BCUT2D eigenvalue weighted by atomic mass is 32.2. The lowest BCUT2D eigenvalue weighted by atomic mass is 10.00. The fraction of sp³-hybridized carbons (Fsp3) is 0.292. The van der Waals surface area contributed by atoms with E-state index < -0.39 is 72.8 Å². The molecule has 5 aromatic carbocycles. The molecule has 2 atom stereocenters. The van der Waals surface area contributed by atoms with Gasteiger partial charge in [-0.2, -0.15) is 10.5 Å². The lowest BCUT2D eigenvalue weighted by molar-refractivity contribution is 0.295. The van der Waals surface area contributed by atoms with Crippen molar-refractivity contribution in [3.63, 3.8) is 0 Å². The summed E-state index contributed by atoms with van der Waals surface area (Å²) in [6.07, 6.45) is 2.11. The lowest BCUT2D eigenvalue weighted by Crippen LogP contribution is -2.31. The van der Waals surface area contributed by atoms with Crippen molar-refractivity contribution < 1.29 is 44.6 Å². The monoisotopic (exact) mass is 968 g/mol. The Morgan fingerprint density at radius 3 is 1.65 bits per heavy atom. The number of nitriles is 2. The summed E-state index contributed by atoms with van der Waals surface area (Å²) in [5.41, 5.74) is 1.07. The molecule has 0 aliphatic rings. The first-order chi connectivity index (χ1) is 32.4. The molecule has 0 radical (unpaired) electrons. The number of aromatic nitrogens is 4. The summed E-state index contributed by atoms with van der Waals surface area (Å²) in [6.45, 7) is 1.18. The Hall–Kier alpha value is -7.42. The Kier molecular flexibility index (Phi) is 14.1. The Labute approximate surface area is 390 Å². The largest absolute Gasteiger partial charge is 0.493 e. The molecule has 0 saturated heterocycles. The van der Waals surface area contributed by atoms with Crippen LogP contribution in [0.25, 0.3) is 33.2 Å². The predicted molar refractivity (Wildman–Crippen MR) is 251 cm³/mol. The minimum atomic E-state index is -3.76. The summed E-state index contributed by atoms with van der Waals surface area (Å²) in [5.74, 6) is -1.09. The van der Waals surface area contributed by atoms with E-state index in [-0.39, 0.29) is 58.7 Å². The molecule has 0 unspecified atom stereocenters. The van der Waals surface area contributed by atoms with Gasteiger partial charge in [-0.1, -0.05) is 36.4 Å². The van der Waals surface area contributed by atoms with Gasteiger partial charge in [0.25, 0.3) is 0 Å². The van der Waals surface area contributed by atoms with Crippen LogP contribution in [0.3, 0.4) is 0 Å². The highest BCUT2D eigenvalue weighted by Gasteiger charge is 2.29. The molecule has 7 aromatic rings. The van der Waals surface area contributed by atoms with Crippen LogP contribution in [0.1, 0.15) is 35.7 Å². The van der Waals surface area contributed by atoms with Gasteiger partial charge in [0.1, 0.15) is 44.4 Å². The first kappa shape index (κ1) is 48.5. The van der Waals surface area contributed by atoms with Gasteiger partial charge in [-0.3, -0.25) is 18.3 Å². The van der Waals surface area contributed by atoms with E-state index in [2.05, 4.69) is 0 Å². The molecule has 7 rings (SSSR count). The van der Waals surface area contributed by atoms with Crippen LogP contribution < -0.4 is 30.3 Å². The van der Waals surface area contributed by atoms with Gasteiger partial charge < -0.3 is 18.9 Å². The van der Waals surface area contributed by atoms with E-state index in [4.69, 9.17) is 18.9 Å². The number of nitrogens with zero attached hydrogens (tertiary/aromatic N) is 6. The maximum atomic E-state index is 16.6. The van der Waals surface area contributed by atoms with Crippen molar-refractivity contribution in [2.75, 3.05) is 51.5 Å². The molecule has 0 aliphatic heterocycles. The third-order valence-corrected chi connectivity index (χ3v) is 13.2. The number of ether oxygens (including phenoxy) is 4. The van der Waals surface area contributed by atoms with Crippen LogP contribution in [0, 0.1) is 34.3 Å². The van der Waals surface area contributed by atoms with Gasteiger partial charge in [0.2, 0.25) is 0 Å². The zero-order chi connectivity index (χ0) is 49.1. The molecule has 0 fully saturated rings. The zero-order valence-electron chi connectivity index (χ0n) is 37.6. The molecule has 0 saturated carbocycles. The first-order valence-electron chi connectivity index (χ1n) is 21.0. The number of hydrogen-bond donors (Lipinski definition) is 0. The molecule has 2 aromatic heterocycles. The van der Waals surface area contributed by atoms with Gasteiger partial charge in [0, 0.05) is 24.5 Å². The fourth-order valence-electron chi connectivity index (χ4n) is 8.41. The van der Waals surface area contributed by atoms with Crippen LogP contribution in [0.5, 0.6) is 23.0 Å². The molecule has 2 heterocycles. The molecule has 0 bridgehead atoms. The molecule has 0 aliphatic carbocycles. The molecule has 354 valence electrons. The van der Waals surface area contributed by atoms with Crippen LogP contribution in [-0.4, -0.2) is 86.6 Å². The van der Waals surface area contributed by atoms with Crippen LogP contribution >= 0.6 is 0 Å². The number of sulfone groups is 2. The summed E-state index contributed by atoms with van der Waals surface area (Å²) in [6, 6.07) is 24.3. The quantitative estimate of drug-likeness (QED) is 0.0886. The van der Waals surface area contributed by atoms with E-state index in [1.165, 1.54) is 46.1 Å². The van der Waals surface area contributed by atoms with E-state index in [9.17, 15) is 41.3 Å². The summed E-state index contributed by atoms with van der Waals surface area (Å²) in [7, 11) is -4.59. The highest BCUT2D eigenvalue weighted by Crippen LogP contribution is 2.36. The zero-order valence-corrected chi connectivity index (χ0v) is 39.2. The van der Waals surface area contributed by atoms with E-state index >= 15 is 4.39 Å². The van der Waals surface area contributed by atoms with Gasteiger partial charge in [-0.05, 0) is 83.8 Å². The molecule has 16 nitrogen and oxygen atoms in total. The van der Waals surface area contributed by atoms with Crippen molar-refractivity contribution in [1.29, 1.82) is 10.5 Å². The van der Waals surface area contributed by atoms with Gasteiger partial charge >= 0.3 is 11.4 Å². The minimum Gasteiger partial charge on any atom is -0.493 e. The van der Waals surface area contributed by atoms with Crippen LogP contribution in [0.15, 0.2) is 101 Å². The van der Waals surface area contributed by atoms with Crippen molar-refractivity contribution in [3.05, 3.63) is 140 Å². The average Bonchev–Trinajstić information content (AvgIpc) is 3.72. The molecule has 0 spiro atoms. The number of halogens is 2. The second-order valence-corrected chi connectivity index (χ2v) is 20.3. The van der Waals surface area contributed by atoms with Crippen LogP contribution in [0.4, 0.5) is 8.78 Å². The van der Waals surface area contributed by atoms with Gasteiger partial charge in [0.15, 0.2) is 23.0 Å². The van der Waals surface area contributed by atoms with Crippen LogP contribution in [-0.2, 0) is 39.2 Å². The van der Waals surface area contributed by atoms with E-state index in [1.54, 1.807) is 67.6 Å². The highest BCUT2D eigenvalue weighted by molar-refractivity contribution is 7.90. The topological polar surface area (TPSA) is 207 Å². The van der Waals surface area contributed by atoms with Crippen molar-refractivity contribution in [3.8, 4) is 46.3 Å². The van der Waals surface area contributed by atoms with Crippen molar-refractivity contribution in [1.82, 2.24) is 18.3 Å². The molecule has 0 amide bonds. The first-order valence-corrected chi connectivity index (χ1v) is 25.2. The second-order valence-electron chi connectivity index (χ2n) is 16.0. The normalized spacial score (nSPS) is 12.7. The van der Waals surface area contributed by atoms with Gasteiger partial charge in [0.05, 0.1) is 85.2 Å². The van der Waals surface area contributed by atoms with E-state index in [0.717, 1.165) is 29.2 Å². The van der Waals surface area contributed by atoms with Crippen LogP contribution in [0.2, 0.25) is 0 Å². The number of methoxy groups -OCH3 is 2. The molecular formula is C48H46F2N6O10S2. The molecule has 20 heteroatoms. The summed E-state index contributed by atoms with van der Waals surface area (Å²) >= 11 is 0. The standard InChI is InChI=1S/C48H46F2N6O10S2/c1-6-65-44-25-32(11-16-42(44)63-2)40(28-67(4,59)60)55-36-14-10-31(24-38(36)53(21-19-51)47(55)57)35-9-7-8-30(46(35)50)18-23-66-45-26-33(12-17-43(45)64-3)41(29-68(5,61)62)56-37-15-13-34(49)27-39(37)54(22-20-52)48(56)58/h7-17,24-27,40-41H,6,18,21-23,28-29H2,1-5H3/t40-,41-/m1/s1.